The first-order valence-electron chi connectivity index (χ1n) is 7.02. The highest BCUT2D eigenvalue weighted by Gasteiger charge is 2.18. The monoisotopic (exact) mass is 278 g/mol. The van der Waals surface area contributed by atoms with E-state index in [4.69, 9.17) is 10.5 Å². The van der Waals surface area contributed by atoms with Crippen molar-refractivity contribution in [3.8, 4) is 0 Å². The average molecular weight is 278 g/mol. The molecule has 0 aliphatic carbocycles. The maximum absolute atomic E-state index is 11.9. The summed E-state index contributed by atoms with van der Waals surface area (Å²) in [6, 6.07) is 5.98. The van der Waals surface area contributed by atoms with Crippen molar-refractivity contribution in [2.24, 2.45) is 5.92 Å². The van der Waals surface area contributed by atoms with Crippen LogP contribution in [0.3, 0.4) is 0 Å². The maximum Gasteiger partial charge on any atom is 0.340 e. The second-order valence-corrected chi connectivity index (χ2v) is 5.77. The standard InChI is InChI=1S/C16H26N2O2/c1-11(2)9-12(3)18(4)10-13-7-6-8-14(17)15(13)16(19)20-5/h6-8,11-12H,9-10,17H2,1-5H3. The number of benzene rings is 1. The molecule has 4 heteroatoms. The zero-order valence-electron chi connectivity index (χ0n) is 13.1. The molecule has 2 N–H and O–H groups in total. The van der Waals surface area contributed by atoms with Gasteiger partial charge in [0.25, 0.3) is 0 Å². The van der Waals surface area contributed by atoms with Crippen molar-refractivity contribution in [1.82, 2.24) is 4.90 Å². The van der Waals surface area contributed by atoms with Gasteiger partial charge in [0.1, 0.15) is 0 Å². The van der Waals surface area contributed by atoms with Gasteiger partial charge in [0, 0.05) is 18.3 Å². The molecule has 1 rings (SSSR count). The summed E-state index contributed by atoms with van der Waals surface area (Å²) in [5, 5.41) is 0. The summed E-state index contributed by atoms with van der Waals surface area (Å²) in [7, 11) is 3.45. The Bertz CT molecular complexity index is 458. The molecule has 20 heavy (non-hydrogen) atoms. The number of esters is 1. The van der Waals surface area contributed by atoms with Gasteiger partial charge in [0.15, 0.2) is 0 Å². The van der Waals surface area contributed by atoms with Gasteiger partial charge in [0.2, 0.25) is 0 Å². The van der Waals surface area contributed by atoms with Crippen molar-refractivity contribution in [3.63, 3.8) is 0 Å². The number of methoxy groups -OCH3 is 1. The molecule has 1 atom stereocenters. The Hall–Kier alpha value is -1.55. The lowest BCUT2D eigenvalue weighted by atomic mass is 10.0. The highest BCUT2D eigenvalue weighted by atomic mass is 16.5. The zero-order chi connectivity index (χ0) is 15.3. The molecule has 1 unspecified atom stereocenters. The summed E-state index contributed by atoms with van der Waals surface area (Å²) < 4.78 is 4.83. The van der Waals surface area contributed by atoms with E-state index in [1.807, 2.05) is 12.1 Å². The van der Waals surface area contributed by atoms with Gasteiger partial charge >= 0.3 is 5.97 Å². The Kier molecular flexibility index (Phi) is 6.02. The van der Waals surface area contributed by atoms with Crippen molar-refractivity contribution < 1.29 is 9.53 Å². The smallest absolute Gasteiger partial charge is 0.340 e. The van der Waals surface area contributed by atoms with Gasteiger partial charge in [-0.25, -0.2) is 4.79 Å². The Morgan fingerprint density at radius 1 is 1.35 bits per heavy atom. The molecule has 0 bridgehead atoms. The van der Waals surface area contributed by atoms with E-state index in [0.29, 0.717) is 29.8 Å². The molecule has 0 radical (unpaired) electrons. The van der Waals surface area contributed by atoms with E-state index in [1.165, 1.54) is 7.11 Å². The van der Waals surface area contributed by atoms with Crippen molar-refractivity contribution in [3.05, 3.63) is 29.3 Å². The predicted molar refractivity (Wildman–Crippen MR) is 82.6 cm³/mol. The van der Waals surface area contributed by atoms with Crippen LogP contribution in [0.25, 0.3) is 0 Å². The number of nitrogens with zero attached hydrogens (tertiary/aromatic N) is 1. The molecule has 0 aliphatic rings. The molecule has 0 amide bonds. The number of ether oxygens (including phenoxy) is 1. The van der Waals surface area contributed by atoms with Gasteiger partial charge in [0.05, 0.1) is 12.7 Å². The number of nitrogen functional groups attached to an aromatic ring is 1. The molecule has 1 aromatic rings. The molecule has 112 valence electrons. The fourth-order valence-corrected chi connectivity index (χ4v) is 2.39. The summed E-state index contributed by atoms with van der Waals surface area (Å²) in [6.07, 6.45) is 1.12. The molecular formula is C16H26N2O2. The minimum absolute atomic E-state index is 0.372. The van der Waals surface area contributed by atoms with E-state index in [2.05, 4.69) is 32.7 Å². The highest BCUT2D eigenvalue weighted by Crippen LogP contribution is 2.21. The molecule has 0 saturated carbocycles. The molecule has 0 fully saturated rings. The van der Waals surface area contributed by atoms with E-state index >= 15 is 0 Å². The Morgan fingerprint density at radius 3 is 2.55 bits per heavy atom. The molecular weight excluding hydrogens is 252 g/mol. The number of carbonyl (C=O) groups excluding carboxylic acids is 1. The van der Waals surface area contributed by atoms with Crippen molar-refractivity contribution in [1.29, 1.82) is 0 Å². The average Bonchev–Trinajstić information content (AvgIpc) is 2.37. The summed E-state index contributed by atoms with van der Waals surface area (Å²) in [5.41, 5.74) is 7.78. The summed E-state index contributed by atoms with van der Waals surface area (Å²) >= 11 is 0. The summed E-state index contributed by atoms with van der Waals surface area (Å²) in [4.78, 5) is 14.1. The van der Waals surface area contributed by atoms with Crippen LogP contribution in [0, 0.1) is 5.92 Å². The molecule has 4 nitrogen and oxygen atoms in total. The first-order valence-corrected chi connectivity index (χ1v) is 7.02. The van der Waals surface area contributed by atoms with Crippen LogP contribution < -0.4 is 5.73 Å². The normalized spacial score (nSPS) is 12.8. The van der Waals surface area contributed by atoms with E-state index in [-0.39, 0.29) is 5.97 Å². The number of hydrogen-bond acceptors (Lipinski definition) is 4. The van der Waals surface area contributed by atoms with Gasteiger partial charge in [-0.1, -0.05) is 26.0 Å². The van der Waals surface area contributed by atoms with Gasteiger partial charge in [-0.2, -0.15) is 0 Å². The molecule has 0 aliphatic heterocycles. The third-order valence-electron chi connectivity index (χ3n) is 3.56. The minimum atomic E-state index is -0.372. The maximum atomic E-state index is 11.9. The Balaban J connectivity index is 2.92. The largest absolute Gasteiger partial charge is 0.465 e. The van der Waals surface area contributed by atoms with Crippen LogP contribution in [0.1, 0.15) is 43.1 Å². The first-order chi connectivity index (χ1) is 9.36. The molecule has 0 saturated heterocycles. The number of nitrogens with two attached hydrogens (primary N) is 1. The summed E-state index contributed by atoms with van der Waals surface area (Å²) in [5.74, 6) is 0.274. The summed E-state index contributed by atoms with van der Waals surface area (Å²) in [6.45, 7) is 7.31. The minimum Gasteiger partial charge on any atom is -0.465 e. The van der Waals surface area contributed by atoms with E-state index in [0.717, 1.165) is 12.0 Å². The van der Waals surface area contributed by atoms with Gasteiger partial charge < -0.3 is 10.5 Å². The lowest BCUT2D eigenvalue weighted by Gasteiger charge is -2.27. The first kappa shape index (κ1) is 16.5. The number of carbonyl (C=O) groups is 1. The number of anilines is 1. The van der Waals surface area contributed by atoms with Crippen LogP contribution in [0.15, 0.2) is 18.2 Å². The molecule has 1 aromatic carbocycles. The van der Waals surface area contributed by atoms with E-state index in [1.54, 1.807) is 6.07 Å². The van der Waals surface area contributed by atoms with Crippen molar-refractivity contribution >= 4 is 11.7 Å². The molecule has 0 spiro atoms. The van der Waals surface area contributed by atoms with Crippen LogP contribution >= 0.6 is 0 Å². The highest BCUT2D eigenvalue weighted by molar-refractivity contribution is 5.96. The van der Waals surface area contributed by atoms with Crippen LogP contribution in [0.5, 0.6) is 0 Å². The molecule has 0 heterocycles. The van der Waals surface area contributed by atoms with Crippen LogP contribution in [-0.4, -0.2) is 31.1 Å². The SMILES string of the molecule is COC(=O)c1c(N)cccc1CN(C)C(C)CC(C)C. The van der Waals surface area contributed by atoms with Gasteiger partial charge in [-0.15, -0.1) is 0 Å². The molecule has 0 aromatic heterocycles. The Labute approximate surface area is 121 Å². The van der Waals surface area contributed by atoms with Gasteiger partial charge in [-0.05, 0) is 37.9 Å². The number of rotatable bonds is 6. The quantitative estimate of drug-likeness (QED) is 0.642. The van der Waals surface area contributed by atoms with Crippen molar-refractivity contribution in [2.75, 3.05) is 19.9 Å². The van der Waals surface area contributed by atoms with Crippen LogP contribution in [0.4, 0.5) is 5.69 Å². The fourth-order valence-electron chi connectivity index (χ4n) is 2.39. The lowest BCUT2D eigenvalue weighted by Crippen LogP contribution is -2.30. The second-order valence-electron chi connectivity index (χ2n) is 5.77. The zero-order valence-corrected chi connectivity index (χ0v) is 13.1. The van der Waals surface area contributed by atoms with Crippen LogP contribution in [0.2, 0.25) is 0 Å². The van der Waals surface area contributed by atoms with E-state index in [9.17, 15) is 4.79 Å². The topological polar surface area (TPSA) is 55.6 Å². The van der Waals surface area contributed by atoms with Gasteiger partial charge in [-0.3, -0.25) is 4.90 Å². The lowest BCUT2D eigenvalue weighted by molar-refractivity contribution is 0.0599. The van der Waals surface area contributed by atoms with Crippen LogP contribution in [-0.2, 0) is 11.3 Å². The number of hydrogen-bond donors (Lipinski definition) is 1. The van der Waals surface area contributed by atoms with E-state index < -0.39 is 0 Å². The van der Waals surface area contributed by atoms with Crippen molar-refractivity contribution in [2.45, 2.75) is 39.8 Å². The third kappa shape index (κ3) is 4.23. The Morgan fingerprint density at radius 2 is 2.00 bits per heavy atom. The third-order valence-corrected chi connectivity index (χ3v) is 3.56. The second kappa shape index (κ2) is 7.29. The fraction of sp³-hybridized carbons (Fsp3) is 0.562. The predicted octanol–water partition coefficient (Wildman–Crippen LogP) is 2.92.